The number of aliphatic hydroxyl groups excluding tert-OH is 1. The van der Waals surface area contributed by atoms with Gasteiger partial charge in [-0.25, -0.2) is 0 Å². The third-order valence-electron chi connectivity index (χ3n) is 3.15. The summed E-state index contributed by atoms with van der Waals surface area (Å²) in [6, 6.07) is 1.09. The number of β-amino-alcohol motifs (C(OH)–C–C–N with tert-alkyl or cyclic N) is 1. The molecule has 0 saturated carbocycles. The minimum absolute atomic E-state index is 0.133. The van der Waals surface area contributed by atoms with E-state index in [-0.39, 0.29) is 6.10 Å². The van der Waals surface area contributed by atoms with Crippen LogP contribution in [0.4, 0.5) is 0 Å². The van der Waals surface area contributed by atoms with Gasteiger partial charge in [-0.2, -0.15) is 0 Å². The van der Waals surface area contributed by atoms with Crippen molar-refractivity contribution in [1.29, 1.82) is 0 Å². The fourth-order valence-corrected chi connectivity index (χ4v) is 2.29. The van der Waals surface area contributed by atoms with Gasteiger partial charge >= 0.3 is 0 Å². The highest BCUT2D eigenvalue weighted by molar-refractivity contribution is 4.85. The minimum atomic E-state index is -0.133. The summed E-state index contributed by atoms with van der Waals surface area (Å²) in [5, 5.41) is 19.6. The topological polar surface area (TPSA) is 56.3 Å². The van der Waals surface area contributed by atoms with Crippen LogP contribution in [-0.2, 0) is 0 Å². The van der Waals surface area contributed by atoms with E-state index in [1.807, 2.05) is 0 Å². The van der Waals surface area contributed by atoms with Gasteiger partial charge in [-0.15, -0.1) is 0 Å². The molecular weight excluding hydrogens is 178 g/mol. The van der Waals surface area contributed by atoms with Gasteiger partial charge < -0.3 is 21.1 Å². The van der Waals surface area contributed by atoms with Crippen molar-refractivity contribution in [3.05, 3.63) is 0 Å². The van der Waals surface area contributed by atoms with Crippen molar-refractivity contribution in [2.45, 2.75) is 37.5 Å². The highest BCUT2D eigenvalue weighted by Gasteiger charge is 2.22. The fourth-order valence-electron chi connectivity index (χ4n) is 2.29. The fraction of sp³-hybridized carbons (Fsp3) is 1.00. The molecule has 0 aromatic carbocycles. The molecule has 4 N–H and O–H groups in total. The van der Waals surface area contributed by atoms with E-state index in [4.69, 9.17) is 0 Å². The number of nitrogens with one attached hydrogen (secondary N) is 3. The highest BCUT2D eigenvalue weighted by Crippen LogP contribution is 2.06. The van der Waals surface area contributed by atoms with Crippen LogP contribution in [0.2, 0.25) is 0 Å². The van der Waals surface area contributed by atoms with Gasteiger partial charge in [-0.05, 0) is 25.8 Å². The van der Waals surface area contributed by atoms with E-state index >= 15 is 0 Å². The SMILES string of the molecule is O[C@H]1CN[C@H](CNC2CCCNC2)C1. The molecule has 2 aliphatic heterocycles. The van der Waals surface area contributed by atoms with Gasteiger partial charge in [0.05, 0.1) is 6.10 Å². The normalized spacial score (nSPS) is 38.8. The van der Waals surface area contributed by atoms with E-state index in [2.05, 4.69) is 16.0 Å². The predicted molar refractivity (Wildman–Crippen MR) is 56.3 cm³/mol. The molecule has 3 atom stereocenters. The largest absolute Gasteiger partial charge is 0.392 e. The average molecular weight is 199 g/mol. The summed E-state index contributed by atoms with van der Waals surface area (Å²) in [6.07, 6.45) is 3.32. The summed E-state index contributed by atoms with van der Waals surface area (Å²) in [5.41, 5.74) is 0. The number of piperidine rings is 1. The molecule has 2 heterocycles. The molecule has 2 saturated heterocycles. The Morgan fingerprint density at radius 1 is 1.36 bits per heavy atom. The Morgan fingerprint density at radius 3 is 2.93 bits per heavy atom. The second kappa shape index (κ2) is 5.07. The summed E-state index contributed by atoms with van der Waals surface area (Å²) in [5.74, 6) is 0. The maximum atomic E-state index is 9.33. The Labute approximate surface area is 85.5 Å². The Morgan fingerprint density at radius 2 is 2.29 bits per heavy atom. The van der Waals surface area contributed by atoms with Gasteiger partial charge in [-0.3, -0.25) is 0 Å². The first-order valence-corrected chi connectivity index (χ1v) is 5.70. The van der Waals surface area contributed by atoms with E-state index < -0.39 is 0 Å². The van der Waals surface area contributed by atoms with E-state index in [1.165, 1.54) is 19.4 Å². The summed E-state index contributed by atoms with van der Waals surface area (Å²) in [4.78, 5) is 0. The first-order valence-electron chi connectivity index (χ1n) is 5.70. The smallest absolute Gasteiger partial charge is 0.0680 e. The lowest BCUT2D eigenvalue weighted by atomic mass is 10.1. The monoisotopic (exact) mass is 199 g/mol. The molecular formula is C10H21N3O. The van der Waals surface area contributed by atoms with Gasteiger partial charge in [0, 0.05) is 31.7 Å². The molecule has 0 amide bonds. The molecule has 0 aliphatic carbocycles. The van der Waals surface area contributed by atoms with Crippen LogP contribution < -0.4 is 16.0 Å². The van der Waals surface area contributed by atoms with Crippen LogP contribution in [0.5, 0.6) is 0 Å². The molecule has 82 valence electrons. The number of aliphatic hydroxyl groups is 1. The van der Waals surface area contributed by atoms with Crippen molar-refractivity contribution in [3.63, 3.8) is 0 Å². The lowest BCUT2D eigenvalue weighted by Crippen LogP contribution is -2.47. The van der Waals surface area contributed by atoms with Gasteiger partial charge in [-0.1, -0.05) is 0 Å². The maximum absolute atomic E-state index is 9.33. The zero-order chi connectivity index (χ0) is 9.80. The zero-order valence-electron chi connectivity index (χ0n) is 8.63. The van der Waals surface area contributed by atoms with Crippen LogP contribution >= 0.6 is 0 Å². The summed E-state index contributed by atoms with van der Waals surface area (Å²) >= 11 is 0. The molecule has 0 bridgehead atoms. The average Bonchev–Trinajstić information content (AvgIpc) is 2.63. The number of rotatable bonds is 3. The molecule has 0 aromatic rings. The van der Waals surface area contributed by atoms with Crippen LogP contribution in [0, 0.1) is 0 Å². The third-order valence-corrected chi connectivity index (χ3v) is 3.15. The molecule has 4 heteroatoms. The van der Waals surface area contributed by atoms with Gasteiger partial charge in [0.1, 0.15) is 0 Å². The first kappa shape index (κ1) is 10.4. The summed E-state index contributed by atoms with van der Waals surface area (Å²) in [7, 11) is 0. The molecule has 0 aromatic heterocycles. The van der Waals surface area contributed by atoms with Gasteiger partial charge in [0.2, 0.25) is 0 Å². The quantitative estimate of drug-likeness (QED) is 0.473. The van der Waals surface area contributed by atoms with Crippen molar-refractivity contribution in [2.75, 3.05) is 26.2 Å². The molecule has 14 heavy (non-hydrogen) atoms. The molecule has 4 nitrogen and oxygen atoms in total. The van der Waals surface area contributed by atoms with Crippen molar-refractivity contribution in [3.8, 4) is 0 Å². The Hall–Kier alpha value is -0.160. The Kier molecular flexibility index (Phi) is 3.75. The minimum Gasteiger partial charge on any atom is -0.392 e. The second-order valence-corrected chi connectivity index (χ2v) is 4.45. The summed E-state index contributed by atoms with van der Waals surface area (Å²) < 4.78 is 0. The highest BCUT2D eigenvalue weighted by atomic mass is 16.3. The van der Waals surface area contributed by atoms with Crippen molar-refractivity contribution in [2.24, 2.45) is 0 Å². The van der Waals surface area contributed by atoms with Crippen LogP contribution in [0.3, 0.4) is 0 Å². The van der Waals surface area contributed by atoms with Crippen LogP contribution in [0.1, 0.15) is 19.3 Å². The molecule has 2 rings (SSSR count). The second-order valence-electron chi connectivity index (χ2n) is 4.45. The van der Waals surface area contributed by atoms with Gasteiger partial charge in [0.25, 0.3) is 0 Å². The lowest BCUT2D eigenvalue weighted by Gasteiger charge is -2.25. The van der Waals surface area contributed by atoms with E-state index in [9.17, 15) is 5.11 Å². The number of hydrogen-bond donors (Lipinski definition) is 4. The van der Waals surface area contributed by atoms with Crippen molar-refractivity contribution >= 4 is 0 Å². The zero-order valence-corrected chi connectivity index (χ0v) is 8.63. The molecule has 2 fully saturated rings. The first-order chi connectivity index (χ1) is 6.84. The molecule has 1 unspecified atom stereocenters. The number of hydrogen-bond acceptors (Lipinski definition) is 4. The van der Waals surface area contributed by atoms with Crippen LogP contribution in [0.15, 0.2) is 0 Å². The van der Waals surface area contributed by atoms with Crippen molar-refractivity contribution < 1.29 is 5.11 Å². The van der Waals surface area contributed by atoms with Crippen LogP contribution in [-0.4, -0.2) is 49.5 Å². The van der Waals surface area contributed by atoms with E-state index in [0.29, 0.717) is 12.1 Å². The van der Waals surface area contributed by atoms with E-state index in [1.54, 1.807) is 0 Å². The predicted octanol–water partition coefficient (Wildman–Crippen LogP) is -0.949. The van der Waals surface area contributed by atoms with Crippen molar-refractivity contribution in [1.82, 2.24) is 16.0 Å². The Bertz CT molecular complexity index is 166. The third kappa shape index (κ3) is 2.92. The molecule has 0 spiro atoms. The Balaban J connectivity index is 1.61. The lowest BCUT2D eigenvalue weighted by molar-refractivity contribution is 0.192. The molecule has 0 radical (unpaired) electrons. The maximum Gasteiger partial charge on any atom is 0.0680 e. The van der Waals surface area contributed by atoms with Gasteiger partial charge in [0.15, 0.2) is 0 Å². The van der Waals surface area contributed by atoms with Crippen LogP contribution in [0.25, 0.3) is 0 Å². The molecule has 2 aliphatic rings. The summed E-state index contributed by atoms with van der Waals surface area (Å²) in [6.45, 7) is 4.01. The standard InChI is InChI=1S/C10H21N3O/c14-10-4-9(13-7-10)6-12-8-2-1-3-11-5-8/h8-14H,1-7H2/t8?,9-,10+/m0/s1. The van der Waals surface area contributed by atoms with E-state index in [0.717, 1.165) is 26.1 Å².